The second-order valence-electron chi connectivity index (χ2n) is 5.91. The Bertz CT molecular complexity index is 212. The zero-order valence-corrected chi connectivity index (χ0v) is 10.8. The molecule has 0 spiro atoms. The molecule has 3 heteroatoms. The standard InChI is InChI=1S/C13H24O3/c1-13(2,3)10-16-12(14)15-9-11-7-5-4-6-8-11/h11H,4-10H2,1-3H3. The highest BCUT2D eigenvalue weighted by Gasteiger charge is 2.18. The highest BCUT2D eigenvalue weighted by Crippen LogP contribution is 2.23. The first kappa shape index (κ1) is 13.3. The number of carbonyl (C=O) groups is 1. The van der Waals surface area contributed by atoms with Gasteiger partial charge in [-0.2, -0.15) is 0 Å². The van der Waals surface area contributed by atoms with Gasteiger partial charge in [-0.1, -0.05) is 40.0 Å². The van der Waals surface area contributed by atoms with Crippen LogP contribution >= 0.6 is 0 Å². The third-order valence-electron chi connectivity index (χ3n) is 2.78. The highest BCUT2D eigenvalue weighted by atomic mass is 16.7. The van der Waals surface area contributed by atoms with Gasteiger partial charge in [-0.15, -0.1) is 0 Å². The molecule has 0 aromatic carbocycles. The second-order valence-corrected chi connectivity index (χ2v) is 5.91. The maximum atomic E-state index is 11.3. The summed E-state index contributed by atoms with van der Waals surface area (Å²) in [5.74, 6) is 0.552. The van der Waals surface area contributed by atoms with Gasteiger partial charge in [-0.3, -0.25) is 0 Å². The van der Waals surface area contributed by atoms with Crippen LogP contribution in [-0.2, 0) is 9.47 Å². The van der Waals surface area contributed by atoms with Crippen molar-refractivity contribution in [2.45, 2.75) is 52.9 Å². The lowest BCUT2D eigenvalue weighted by molar-refractivity contribution is 0.0213. The number of hydrogen-bond donors (Lipinski definition) is 0. The van der Waals surface area contributed by atoms with Gasteiger partial charge < -0.3 is 9.47 Å². The summed E-state index contributed by atoms with van der Waals surface area (Å²) in [7, 11) is 0. The van der Waals surface area contributed by atoms with Crippen molar-refractivity contribution >= 4 is 6.16 Å². The van der Waals surface area contributed by atoms with Crippen molar-refractivity contribution in [3.05, 3.63) is 0 Å². The van der Waals surface area contributed by atoms with Crippen LogP contribution in [-0.4, -0.2) is 19.4 Å². The van der Waals surface area contributed by atoms with Gasteiger partial charge in [0.25, 0.3) is 0 Å². The van der Waals surface area contributed by atoms with E-state index in [4.69, 9.17) is 9.47 Å². The Balaban J connectivity index is 2.09. The molecule has 0 atom stereocenters. The van der Waals surface area contributed by atoms with Gasteiger partial charge >= 0.3 is 6.16 Å². The van der Waals surface area contributed by atoms with Crippen molar-refractivity contribution < 1.29 is 14.3 Å². The first-order valence-corrected chi connectivity index (χ1v) is 6.27. The number of carbonyl (C=O) groups excluding carboxylic acids is 1. The molecule has 3 nitrogen and oxygen atoms in total. The summed E-state index contributed by atoms with van der Waals surface area (Å²) in [5, 5.41) is 0. The van der Waals surface area contributed by atoms with E-state index in [0.717, 1.165) is 0 Å². The molecule has 0 unspecified atom stereocenters. The molecule has 0 heterocycles. The van der Waals surface area contributed by atoms with Crippen molar-refractivity contribution in [2.24, 2.45) is 11.3 Å². The number of hydrogen-bond acceptors (Lipinski definition) is 3. The molecule has 16 heavy (non-hydrogen) atoms. The third kappa shape index (κ3) is 5.99. The maximum absolute atomic E-state index is 11.3. The molecule has 1 aliphatic carbocycles. The summed E-state index contributed by atoms with van der Waals surface area (Å²) in [6, 6.07) is 0. The van der Waals surface area contributed by atoms with E-state index < -0.39 is 6.16 Å². The van der Waals surface area contributed by atoms with Crippen molar-refractivity contribution in [3.63, 3.8) is 0 Å². The predicted molar refractivity (Wildman–Crippen MR) is 63.3 cm³/mol. The van der Waals surface area contributed by atoms with E-state index >= 15 is 0 Å². The zero-order chi connectivity index (χ0) is 12.0. The highest BCUT2D eigenvalue weighted by molar-refractivity contribution is 5.59. The average molecular weight is 228 g/mol. The van der Waals surface area contributed by atoms with E-state index in [1.165, 1.54) is 32.1 Å². The van der Waals surface area contributed by atoms with Crippen molar-refractivity contribution in [1.82, 2.24) is 0 Å². The Morgan fingerprint density at radius 1 is 1.12 bits per heavy atom. The van der Waals surface area contributed by atoms with Gasteiger partial charge in [-0.25, -0.2) is 4.79 Å². The minimum Gasteiger partial charge on any atom is -0.434 e. The normalized spacial score (nSPS) is 18.2. The van der Waals surface area contributed by atoms with Crippen LogP contribution in [0.4, 0.5) is 4.79 Å². The Morgan fingerprint density at radius 3 is 2.31 bits per heavy atom. The number of rotatable bonds is 3. The fraction of sp³-hybridized carbons (Fsp3) is 0.923. The van der Waals surface area contributed by atoms with Gasteiger partial charge in [0, 0.05) is 0 Å². The monoisotopic (exact) mass is 228 g/mol. The third-order valence-corrected chi connectivity index (χ3v) is 2.78. The Morgan fingerprint density at radius 2 is 1.75 bits per heavy atom. The van der Waals surface area contributed by atoms with Crippen LogP contribution in [0, 0.1) is 11.3 Å². The molecule has 0 bridgehead atoms. The first-order chi connectivity index (χ1) is 7.47. The van der Waals surface area contributed by atoms with Crippen LogP contribution < -0.4 is 0 Å². The first-order valence-electron chi connectivity index (χ1n) is 6.27. The van der Waals surface area contributed by atoms with E-state index in [-0.39, 0.29) is 5.41 Å². The van der Waals surface area contributed by atoms with Gasteiger partial charge in [0.1, 0.15) is 0 Å². The molecule has 1 saturated carbocycles. The average Bonchev–Trinajstić information content (AvgIpc) is 2.24. The molecular formula is C13H24O3. The van der Waals surface area contributed by atoms with Crippen LogP contribution in [0.2, 0.25) is 0 Å². The summed E-state index contributed by atoms with van der Waals surface area (Å²) in [4.78, 5) is 11.3. The van der Waals surface area contributed by atoms with E-state index in [2.05, 4.69) is 0 Å². The summed E-state index contributed by atoms with van der Waals surface area (Å²) >= 11 is 0. The van der Waals surface area contributed by atoms with Crippen LogP contribution in [0.3, 0.4) is 0 Å². The second kappa shape index (κ2) is 6.12. The molecule has 0 aromatic heterocycles. The minimum absolute atomic E-state index is 0.00383. The summed E-state index contributed by atoms with van der Waals surface area (Å²) in [6.45, 7) is 7.03. The van der Waals surface area contributed by atoms with E-state index in [9.17, 15) is 4.79 Å². The molecule has 1 rings (SSSR count). The summed E-state index contributed by atoms with van der Waals surface area (Å²) < 4.78 is 10.2. The molecule has 1 fully saturated rings. The van der Waals surface area contributed by atoms with Gasteiger partial charge in [0.15, 0.2) is 0 Å². The van der Waals surface area contributed by atoms with E-state index in [0.29, 0.717) is 19.1 Å². The van der Waals surface area contributed by atoms with Crippen molar-refractivity contribution in [3.8, 4) is 0 Å². The lowest BCUT2D eigenvalue weighted by atomic mass is 9.90. The molecule has 94 valence electrons. The van der Waals surface area contributed by atoms with Gasteiger partial charge in [0.05, 0.1) is 13.2 Å². The molecular weight excluding hydrogens is 204 g/mol. The van der Waals surface area contributed by atoms with E-state index in [1.54, 1.807) is 0 Å². The largest absolute Gasteiger partial charge is 0.508 e. The maximum Gasteiger partial charge on any atom is 0.508 e. The molecule has 0 aromatic rings. The topological polar surface area (TPSA) is 35.5 Å². The molecule has 1 aliphatic rings. The SMILES string of the molecule is CC(C)(C)COC(=O)OCC1CCCCC1. The summed E-state index contributed by atoms with van der Waals surface area (Å²) in [6.07, 6.45) is 5.72. The van der Waals surface area contributed by atoms with Gasteiger partial charge in [-0.05, 0) is 24.2 Å². The molecule has 0 aliphatic heterocycles. The number of ether oxygens (including phenoxy) is 2. The van der Waals surface area contributed by atoms with Crippen LogP contribution in [0.5, 0.6) is 0 Å². The van der Waals surface area contributed by atoms with Gasteiger partial charge in [0.2, 0.25) is 0 Å². The lowest BCUT2D eigenvalue weighted by Gasteiger charge is -2.22. The minimum atomic E-state index is -0.513. The van der Waals surface area contributed by atoms with E-state index in [1.807, 2.05) is 20.8 Å². The molecule has 0 saturated heterocycles. The molecule has 0 radical (unpaired) electrons. The van der Waals surface area contributed by atoms with Crippen LogP contribution in [0.15, 0.2) is 0 Å². The Hall–Kier alpha value is -0.730. The summed E-state index contributed by atoms with van der Waals surface area (Å²) in [5.41, 5.74) is 0.00383. The smallest absolute Gasteiger partial charge is 0.434 e. The van der Waals surface area contributed by atoms with Crippen LogP contribution in [0.25, 0.3) is 0 Å². The molecule has 0 N–H and O–H groups in total. The Labute approximate surface area is 98.5 Å². The molecule has 0 amide bonds. The quantitative estimate of drug-likeness (QED) is 0.690. The fourth-order valence-electron chi connectivity index (χ4n) is 1.86. The van der Waals surface area contributed by atoms with Crippen molar-refractivity contribution in [2.75, 3.05) is 13.2 Å². The van der Waals surface area contributed by atoms with Crippen LogP contribution in [0.1, 0.15) is 52.9 Å². The zero-order valence-electron chi connectivity index (χ0n) is 10.8. The fourth-order valence-corrected chi connectivity index (χ4v) is 1.86. The predicted octanol–water partition coefficient (Wildman–Crippen LogP) is 3.77. The lowest BCUT2D eigenvalue weighted by Crippen LogP contribution is -2.21. The Kier molecular flexibility index (Phi) is 5.10. The van der Waals surface area contributed by atoms with Crippen molar-refractivity contribution in [1.29, 1.82) is 0 Å².